The van der Waals surface area contributed by atoms with E-state index < -0.39 is 13.0 Å². The Labute approximate surface area is 85.9 Å². The average molecular weight is 202 g/mol. The monoisotopic (exact) mass is 202 g/mol. The normalized spacial score (nSPS) is 11.2. The highest BCUT2D eigenvalue weighted by Gasteiger charge is 2.19. The Hall–Kier alpha value is 0.882. The van der Waals surface area contributed by atoms with E-state index in [4.69, 9.17) is 0 Å². The fraction of sp³-hybridized carbons (Fsp3) is 1.00. The van der Waals surface area contributed by atoms with Crippen LogP contribution in [0.25, 0.3) is 0 Å². The molecule has 0 aromatic heterocycles. The quantitative estimate of drug-likeness (QED) is 0.586. The van der Waals surface area contributed by atoms with Crippen molar-refractivity contribution in [3.05, 3.63) is 0 Å². The zero-order valence-corrected chi connectivity index (χ0v) is 11.2. The van der Waals surface area contributed by atoms with Crippen LogP contribution in [0.15, 0.2) is 0 Å². The molecule has 0 N–H and O–H groups in total. The zero-order valence-electron chi connectivity index (χ0n) is 9.26. The van der Waals surface area contributed by atoms with Gasteiger partial charge in [-0.3, -0.25) is 10.1 Å². The van der Waals surface area contributed by atoms with Gasteiger partial charge in [-0.1, -0.05) is 57.0 Å². The Kier molecular flexibility index (Phi) is 7.84. The molecule has 0 saturated carbocycles. The molecule has 0 atom stereocenters. The van der Waals surface area contributed by atoms with Crippen LogP contribution < -0.4 is 0 Å². The maximum Gasteiger partial charge on any atom is 0.349 e. The fourth-order valence-electron chi connectivity index (χ4n) is 1.52. The number of rotatable bonds is 6. The van der Waals surface area contributed by atoms with Gasteiger partial charge in [0.15, 0.2) is 0 Å². The zero-order chi connectivity index (χ0) is 9.56. The first-order valence-electron chi connectivity index (χ1n) is 5.17. The summed E-state index contributed by atoms with van der Waals surface area (Å²) in [5.74, 6) is 3.16. The fourth-order valence-corrected chi connectivity index (χ4v) is 9.10. The third-order valence-corrected chi connectivity index (χ3v) is 9.18. The van der Waals surface area contributed by atoms with Crippen LogP contribution >= 0.6 is 10.1 Å². The molecule has 12 heavy (non-hydrogen) atoms. The molecule has 0 aromatic rings. The number of hydrogen-bond donors (Lipinski definition) is 0. The molecule has 0 rings (SSSR count). The van der Waals surface area contributed by atoms with E-state index in [1.165, 1.54) is 16.3 Å². The second-order valence-electron chi connectivity index (χ2n) is 4.34. The summed E-state index contributed by atoms with van der Waals surface area (Å²) in [6.07, 6.45) is 0. The minimum atomic E-state index is -0.433. The summed E-state index contributed by atoms with van der Waals surface area (Å²) in [6.45, 7) is 11.7. The maximum atomic E-state index is 2.36. The van der Waals surface area contributed by atoms with Crippen molar-refractivity contribution < 1.29 is 0 Å². The van der Waals surface area contributed by atoms with Gasteiger partial charge in [-0.15, -0.1) is 0 Å². The molecule has 2 heteroatoms. The second-order valence-corrected chi connectivity index (χ2v) is 10.4. The summed E-state index contributed by atoms with van der Waals surface area (Å²) in [7, 11) is 2.27. The number of hydrogen-bond acceptors (Lipinski definition) is 1. The third-order valence-electron chi connectivity index (χ3n) is 1.87. The summed E-state index contributed by atoms with van der Waals surface area (Å²) in [6, 6.07) is 0. The van der Waals surface area contributed by atoms with Crippen LogP contribution in [-0.2, 0) is 0 Å². The molecule has 0 amide bonds. The highest BCUT2D eigenvalue weighted by atomic mass is 32.3. The lowest BCUT2D eigenvalue weighted by molar-refractivity contribution is 0.698. The van der Waals surface area contributed by atoms with Crippen molar-refractivity contribution in [3.63, 3.8) is 0 Å². The minimum absolute atomic E-state index is 0.433. The lowest BCUT2D eigenvalue weighted by Crippen LogP contribution is -2.14. The molecule has 72 valence electrons. The van der Waals surface area contributed by atoms with Gasteiger partial charge in [0.2, 0.25) is 0 Å². The van der Waals surface area contributed by atoms with Gasteiger partial charge in [-0.25, -0.2) is 0 Å². The summed E-state index contributed by atoms with van der Waals surface area (Å²) in [5, 5.41) is 3.05. The largest absolute Gasteiger partial charge is 0.349 e. The first-order chi connectivity index (χ1) is 5.56. The molecule has 0 saturated heterocycles. The van der Waals surface area contributed by atoms with E-state index >= 15 is 0 Å². The van der Waals surface area contributed by atoms with Crippen LogP contribution in [0, 0.1) is 11.8 Å². The lowest BCUT2D eigenvalue weighted by Gasteiger charge is -2.14. The van der Waals surface area contributed by atoms with Crippen molar-refractivity contribution in [2.75, 3.05) is 5.75 Å². The molecule has 0 fully saturated rings. The highest BCUT2D eigenvalue weighted by Crippen LogP contribution is 2.23. The van der Waals surface area contributed by atoms with Crippen LogP contribution in [0.5, 0.6) is 0 Å². The Balaban J connectivity index is 3.69. The van der Waals surface area contributed by atoms with Crippen LogP contribution in [-0.4, -0.2) is 18.8 Å². The predicted octanol–water partition coefficient (Wildman–Crippen LogP) is 4.04. The van der Waals surface area contributed by atoms with E-state index in [9.17, 15) is 0 Å². The Morgan fingerprint density at radius 1 is 1.00 bits per heavy atom. The molecule has 0 aliphatic heterocycles. The second kappa shape index (κ2) is 7.30. The molecule has 0 aliphatic rings. The van der Waals surface area contributed by atoms with Gasteiger partial charge in [-0.2, -0.15) is 0 Å². The smallest absolute Gasteiger partial charge is 0.256 e. The molecule has 0 heterocycles. The molecule has 0 spiro atoms. The van der Waals surface area contributed by atoms with Gasteiger partial charge >= 0.3 is 13.0 Å². The molecule has 0 aromatic carbocycles. The third kappa shape index (κ3) is 7.53. The van der Waals surface area contributed by atoms with Crippen molar-refractivity contribution in [3.8, 4) is 0 Å². The Bertz CT molecular complexity index is 92.0. The molecular weight excluding hydrogens is 179 g/mol. The predicted molar refractivity (Wildman–Crippen MR) is 63.2 cm³/mol. The SMILES string of the molecule is CC[S][Al]([CH2]C(C)C)[CH2]C(C)C. The van der Waals surface area contributed by atoms with Gasteiger partial charge in [0, 0.05) is 0 Å². The minimum Gasteiger partial charge on any atom is -0.256 e. The van der Waals surface area contributed by atoms with Gasteiger partial charge in [-0.05, 0) is 5.75 Å². The van der Waals surface area contributed by atoms with Crippen LogP contribution in [0.2, 0.25) is 10.6 Å². The van der Waals surface area contributed by atoms with Gasteiger partial charge in [0.1, 0.15) is 0 Å². The molecule has 0 unspecified atom stereocenters. The molecule has 0 bridgehead atoms. The Morgan fingerprint density at radius 3 is 1.67 bits per heavy atom. The molecule has 0 aliphatic carbocycles. The van der Waals surface area contributed by atoms with E-state index in [0.717, 1.165) is 11.8 Å². The van der Waals surface area contributed by atoms with E-state index in [-0.39, 0.29) is 0 Å². The van der Waals surface area contributed by atoms with Crippen molar-refractivity contribution >= 4 is 23.1 Å². The molecule has 0 nitrogen and oxygen atoms in total. The van der Waals surface area contributed by atoms with Crippen molar-refractivity contribution in [2.24, 2.45) is 11.8 Å². The molecular formula is C10H23AlS. The maximum absolute atomic E-state index is 2.36. The summed E-state index contributed by atoms with van der Waals surface area (Å²) in [5.41, 5.74) is 0. The van der Waals surface area contributed by atoms with Crippen molar-refractivity contribution in [1.29, 1.82) is 0 Å². The standard InChI is InChI=1S/2C4H9.C2H6S.Al/c2*1-4(2)3;1-2-3;/h2*4H,1H2,2-3H3;3H,2H2,1H3;/q;;;+1/p-1. The Morgan fingerprint density at radius 2 is 1.42 bits per heavy atom. The first kappa shape index (κ1) is 12.9. The summed E-state index contributed by atoms with van der Waals surface area (Å²) < 4.78 is 0. The topological polar surface area (TPSA) is 0 Å². The highest BCUT2D eigenvalue weighted by molar-refractivity contribution is 8.25. The van der Waals surface area contributed by atoms with Gasteiger partial charge in [0.05, 0.1) is 0 Å². The van der Waals surface area contributed by atoms with Crippen molar-refractivity contribution in [2.45, 2.75) is 45.2 Å². The van der Waals surface area contributed by atoms with Crippen LogP contribution in [0.4, 0.5) is 0 Å². The summed E-state index contributed by atoms with van der Waals surface area (Å²) in [4.78, 5) is 0. The van der Waals surface area contributed by atoms with Gasteiger partial charge in [0.25, 0.3) is 0 Å². The van der Waals surface area contributed by atoms with Crippen molar-refractivity contribution in [1.82, 2.24) is 0 Å². The van der Waals surface area contributed by atoms with E-state index in [2.05, 4.69) is 44.7 Å². The van der Waals surface area contributed by atoms with E-state index in [1.54, 1.807) is 0 Å². The molecule has 0 radical (unpaired) electrons. The van der Waals surface area contributed by atoms with E-state index in [0.29, 0.717) is 0 Å². The summed E-state index contributed by atoms with van der Waals surface area (Å²) >= 11 is -0.433. The first-order valence-corrected chi connectivity index (χ1v) is 9.27. The average Bonchev–Trinajstić information content (AvgIpc) is 1.84. The van der Waals surface area contributed by atoms with Crippen LogP contribution in [0.3, 0.4) is 0 Å². The van der Waals surface area contributed by atoms with E-state index in [1.807, 2.05) is 0 Å². The lowest BCUT2D eigenvalue weighted by atomic mass is 10.3. The van der Waals surface area contributed by atoms with Gasteiger partial charge < -0.3 is 0 Å². The van der Waals surface area contributed by atoms with Crippen LogP contribution in [0.1, 0.15) is 34.6 Å².